The van der Waals surface area contributed by atoms with Gasteiger partial charge >= 0.3 is 0 Å². The molecule has 0 amide bonds. The average Bonchev–Trinajstić information content (AvgIpc) is 2.53. The van der Waals surface area contributed by atoms with E-state index < -0.39 is 0 Å². The summed E-state index contributed by atoms with van der Waals surface area (Å²) in [5.74, 6) is 0. The number of benzene rings is 1. The van der Waals surface area contributed by atoms with E-state index >= 15 is 0 Å². The minimum Gasteiger partial charge on any atom is -0.324 e. The summed E-state index contributed by atoms with van der Waals surface area (Å²) in [5, 5.41) is 0. The second-order valence-corrected chi connectivity index (χ2v) is 5.94. The van der Waals surface area contributed by atoms with Crippen LogP contribution in [0.2, 0.25) is 0 Å². The first-order chi connectivity index (χ1) is 9.70. The van der Waals surface area contributed by atoms with Crippen LogP contribution in [0.4, 0.5) is 0 Å². The van der Waals surface area contributed by atoms with Gasteiger partial charge in [-0.2, -0.15) is 0 Å². The molecule has 112 valence electrons. The number of hydrogen-bond donors (Lipinski definition) is 1. The number of nitrogens with two attached hydrogens (primary N) is 1. The van der Waals surface area contributed by atoms with Crippen molar-refractivity contribution in [3.63, 3.8) is 0 Å². The van der Waals surface area contributed by atoms with Crippen molar-refractivity contribution in [3.8, 4) is 0 Å². The molecule has 1 fully saturated rings. The Labute approximate surface area is 123 Å². The normalized spacial score (nSPS) is 20.8. The van der Waals surface area contributed by atoms with Crippen LogP contribution < -0.4 is 5.73 Å². The molecule has 2 unspecified atom stereocenters. The lowest BCUT2D eigenvalue weighted by molar-refractivity contribution is 0.0987. The van der Waals surface area contributed by atoms with Crippen molar-refractivity contribution >= 4 is 0 Å². The van der Waals surface area contributed by atoms with E-state index in [9.17, 15) is 0 Å². The average molecular weight is 275 g/mol. The Kier molecular flexibility index (Phi) is 6.02. The van der Waals surface area contributed by atoms with Crippen LogP contribution in [0.15, 0.2) is 30.3 Å². The molecule has 1 aromatic rings. The van der Waals surface area contributed by atoms with Gasteiger partial charge in [0.25, 0.3) is 0 Å². The van der Waals surface area contributed by atoms with E-state index in [1.807, 2.05) is 6.07 Å². The molecule has 1 aliphatic heterocycles. The van der Waals surface area contributed by atoms with Crippen molar-refractivity contribution in [2.24, 2.45) is 5.73 Å². The van der Waals surface area contributed by atoms with Crippen LogP contribution in [0.3, 0.4) is 0 Å². The van der Waals surface area contributed by atoms with Crippen LogP contribution in [0.25, 0.3) is 0 Å². The van der Waals surface area contributed by atoms with E-state index in [0.717, 1.165) is 19.0 Å². The monoisotopic (exact) mass is 275 g/mol. The maximum atomic E-state index is 6.27. The second-order valence-electron chi connectivity index (χ2n) is 5.94. The molecule has 1 aromatic carbocycles. The molecule has 1 aliphatic rings. The third kappa shape index (κ3) is 4.30. The molecule has 0 bridgehead atoms. The highest BCUT2D eigenvalue weighted by atomic mass is 15.3. The summed E-state index contributed by atoms with van der Waals surface area (Å²) in [7, 11) is 0. The third-order valence-corrected chi connectivity index (χ3v) is 4.61. The van der Waals surface area contributed by atoms with Crippen LogP contribution >= 0.6 is 0 Å². The number of rotatable bonds is 6. The topological polar surface area (TPSA) is 32.5 Å². The van der Waals surface area contributed by atoms with E-state index in [1.165, 1.54) is 38.2 Å². The minimum atomic E-state index is 0.170. The molecule has 3 heteroatoms. The molecule has 2 rings (SSSR count). The second kappa shape index (κ2) is 7.77. The maximum Gasteiger partial charge on any atom is 0.0307 e. The van der Waals surface area contributed by atoms with Gasteiger partial charge in [0.15, 0.2) is 0 Å². The fourth-order valence-electron chi connectivity index (χ4n) is 2.87. The van der Waals surface area contributed by atoms with E-state index in [4.69, 9.17) is 5.73 Å². The van der Waals surface area contributed by atoms with Gasteiger partial charge in [0.1, 0.15) is 0 Å². The molecular formula is C17H29N3. The van der Waals surface area contributed by atoms with E-state index in [1.54, 1.807) is 0 Å². The van der Waals surface area contributed by atoms with Crippen molar-refractivity contribution < 1.29 is 0 Å². The molecule has 0 spiro atoms. The molecule has 3 nitrogen and oxygen atoms in total. The first-order valence-corrected chi connectivity index (χ1v) is 7.97. The van der Waals surface area contributed by atoms with Gasteiger partial charge in [0.2, 0.25) is 0 Å². The number of hydrogen-bond acceptors (Lipinski definition) is 3. The zero-order chi connectivity index (χ0) is 14.4. The van der Waals surface area contributed by atoms with Gasteiger partial charge in [-0.25, -0.2) is 0 Å². The summed E-state index contributed by atoms with van der Waals surface area (Å²) >= 11 is 0. The lowest BCUT2D eigenvalue weighted by Crippen LogP contribution is -2.49. The van der Waals surface area contributed by atoms with Crippen molar-refractivity contribution in [3.05, 3.63) is 35.9 Å². The largest absolute Gasteiger partial charge is 0.324 e. The Morgan fingerprint density at radius 3 is 2.35 bits per heavy atom. The highest BCUT2D eigenvalue weighted by molar-refractivity contribution is 5.18. The predicted molar refractivity (Wildman–Crippen MR) is 85.8 cm³/mol. The number of nitrogens with zero attached hydrogens (tertiary/aromatic N) is 2. The zero-order valence-electron chi connectivity index (χ0n) is 13.0. The predicted octanol–water partition coefficient (Wildman–Crippen LogP) is 2.49. The lowest BCUT2D eigenvalue weighted by atomic mass is 10.0. The Morgan fingerprint density at radius 1 is 1.10 bits per heavy atom. The lowest BCUT2D eigenvalue weighted by Gasteiger charge is -2.38. The SMILES string of the molecule is CCC(C)N1CCN(CCC(N)c2ccccc2)CC1. The molecule has 1 heterocycles. The van der Waals surface area contributed by atoms with Crippen LogP contribution in [0.5, 0.6) is 0 Å². The van der Waals surface area contributed by atoms with Crippen LogP contribution in [0, 0.1) is 0 Å². The van der Waals surface area contributed by atoms with E-state index in [-0.39, 0.29) is 6.04 Å². The van der Waals surface area contributed by atoms with E-state index in [2.05, 4.69) is 47.9 Å². The third-order valence-electron chi connectivity index (χ3n) is 4.61. The summed E-state index contributed by atoms with van der Waals surface area (Å²) in [6.45, 7) is 10.5. The molecule has 0 aromatic heterocycles. The standard InChI is InChI=1S/C17H29N3/c1-3-15(2)20-13-11-19(12-14-20)10-9-17(18)16-7-5-4-6-8-16/h4-8,15,17H,3,9-14,18H2,1-2H3. The fraction of sp³-hybridized carbons (Fsp3) is 0.647. The minimum absolute atomic E-state index is 0.170. The molecule has 0 aliphatic carbocycles. The van der Waals surface area contributed by atoms with E-state index in [0.29, 0.717) is 0 Å². The summed E-state index contributed by atoms with van der Waals surface area (Å²) in [5.41, 5.74) is 7.53. The summed E-state index contributed by atoms with van der Waals surface area (Å²) < 4.78 is 0. The van der Waals surface area contributed by atoms with Gasteiger partial charge in [0, 0.05) is 44.8 Å². The van der Waals surface area contributed by atoms with Gasteiger partial charge in [-0.1, -0.05) is 37.3 Å². The molecule has 1 saturated heterocycles. The molecule has 2 N–H and O–H groups in total. The Bertz CT molecular complexity index is 371. The first-order valence-electron chi connectivity index (χ1n) is 7.97. The molecule has 2 atom stereocenters. The first kappa shape index (κ1) is 15.5. The van der Waals surface area contributed by atoms with Gasteiger partial charge in [0.05, 0.1) is 0 Å². The van der Waals surface area contributed by atoms with Crippen molar-refractivity contribution in [2.75, 3.05) is 32.7 Å². The van der Waals surface area contributed by atoms with Crippen molar-refractivity contribution in [1.29, 1.82) is 0 Å². The quantitative estimate of drug-likeness (QED) is 0.866. The van der Waals surface area contributed by atoms with Crippen LogP contribution in [-0.2, 0) is 0 Å². The number of piperazine rings is 1. The zero-order valence-corrected chi connectivity index (χ0v) is 13.0. The summed E-state index contributed by atoms with van der Waals surface area (Å²) in [4.78, 5) is 5.16. The highest BCUT2D eigenvalue weighted by Gasteiger charge is 2.20. The van der Waals surface area contributed by atoms with Gasteiger partial charge in [-0.05, 0) is 25.3 Å². The maximum absolute atomic E-state index is 6.27. The van der Waals surface area contributed by atoms with Gasteiger partial charge in [-0.15, -0.1) is 0 Å². The Hall–Kier alpha value is -0.900. The Morgan fingerprint density at radius 2 is 1.75 bits per heavy atom. The van der Waals surface area contributed by atoms with Crippen LogP contribution in [0.1, 0.15) is 38.3 Å². The highest BCUT2D eigenvalue weighted by Crippen LogP contribution is 2.15. The van der Waals surface area contributed by atoms with Gasteiger partial charge in [-0.3, -0.25) is 4.90 Å². The smallest absolute Gasteiger partial charge is 0.0307 e. The molecule has 0 radical (unpaired) electrons. The Balaban J connectivity index is 1.71. The van der Waals surface area contributed by atoms with Crippen LogP contribution in [-0.4, -0.2) is 48.6 Å². The molecular weight excluding hydrogens is 246 g/mol. The molecule has 20 heavy (non-hydrogen) atoms. The summed E-state index contributed by atoms with van der Waals surface area (Å²) in [6, 6.07) is 11.3. The molecule has 0 saturated carbocycles. The summed E-state index contributed by atoms with van der Waals surface area (Å²) in [6.07, 6.45) is 2.30. The van der Waals surface area contributed by atoms with Gasteiger partial charge < -0.3 is 10.6 Å². The van der Waals surface area contributed by atoms with Crippen molar-refractivity contribution in [1.82, 2.24) is 9.80 Å². The fourth-order valence-corrected chi connectivity index (χ4v) is 2.87. The van der Waals surface area contributed by atoms with Crippen molar-refractivity contribution in [2.45, 2.75) is 38.8 Å².